The number of aliphatic hydroxyl groups is 1. The first-order chi connectivity index (χ1) is 13.6. The highest BCUT2D eigenvalue weighted by molar-refractivity contribution is 5.88. The summed E-state index contributed by atoms with van der Waals surface area (Å²) in [6.07, 6.45) is 5.93. The van der Waals surface area contributed by atoms with Gasteiger partial charge in [-0.15, -0.1) is 0 Å². The molecule has 2 aromatic carbocycles. The zero-order valence-electron chi connectivity index (χ0n) is 16.0. The van der Waals surface area contributed by atoms with Crippen LogP contribution in [0, 0.1) is 5.92 Å². The molecule has 5 nitrogen and oxygen atoms in total. The fourth-order valence-electron chi connectivity index (χ4n) is 3.70. The maximum Gasteiger partial charge on any atom is 0.348 e. The summed E-state index contributed by atoms with van der Waals surface area (Å²) in [5.74, 6) is -0.709. The number of amides is 1. The third-order valence-corrected chi connectivity index (χ3v) is 5.33. The molecule has 3 rings (SSSR count). The van der Waals surface area contributed by atoms with Crippen molar-refractivity contribution in [1.82, 2.24) is 5.32 Å². The van der Waals surface area contributed by atoms with Gasteiger partial charge in [0.15, 0.2) is 6.61 Å². The topological polar surface area (TPSA) is 75.6 Å². The molecule has 0 radical (unpaired) electrons. The van der Waals surface area contributed by atoms with Gasteiger partial charge in [-0.25, -0.2) is 4.79 Å². The van der Waals surface area contributed by atoms with Gasteiger partial charge >= 0.3 is 5.97 Å². The van der Waals surface area contributed by atoms with Crippen LogP contribution in [0.3, 0.4) is 0 Å². The number of benzene rings is 2. The van der Waals surface area contributed by atoms with Crippen LogP contribution in [0.2, 0.25) is 0 Å². The van der Waals surface area contributed by atoms with E-state index in [0.717, 1.165) is 12.8 Å². The van der Waals surface area contributed by atoms with Crippen LogP contribution in [-0.2, 0) is 19.9 Å². The van der Waals surface area contributed by atoms with Crippen molar-refractivity contribution < 1.29 is 19.4 Å². The Hall–Kier alpha value is -2.66. The lowest BCUT2D eigenvalue weighted by Gasteiger charge is -2.27. The van der Waals surface area contributed by atoms with Gasteiger partial charge in [-0.05, 0) is 29.9 Å². The maximum atomic E-state index is 12.8. The normalized spacial score (nSPS) is 15.0. The SMILES string of the molecule is O=C(COC(=O)C(O)(c1ccccc1)c1ccccc1)NCC1CCCCC1. The van der Waals surface area contributed by atoms with E-state index < -0.39 is 18.2 Å². The summed E-state index contributed by atoms with van der Waals surface area (Å²) in [4.78, 5) is 24.9. The van der Waals surface area contributed by atoms with Crippen LogP contribution >= 0.6 is 0 Å². The Morgan fingerprint density at radius 3 is 2.00 bits per heavy atom. The number of ether oxygens (including phenoxy) is 1. The van der Waals surface area contributed by atoms with Crippen molar-refractivity contribution in [1.29, 1.82) is 0 Å². The number of carbonyl (C=O) groups is 2. The van der Waals surface area contributed by atoms with Crippen LogP contribution in [0.5, 0.6) is 0 Å². The average molecular weight is 381 g/mol. The lowest BCUT2D eigenvalue weighted by atomic mass is 9.86. The van der Waals surface area contributed by atoms with Crippen molar-refractivity contribution in [3.05, 3.63) is 71.8 Å². The Kier molecular flexibility index (Phi) is 6.82. The summed E-state index contributed by atoms with van der Waals surface area (Å²) in [6.45, 7) is 0.200. The van der Waals surface area contributed by atoms with E-state index in [1.165, 1.54) is 19.3 Å². The van der Waals surface area contributed by atoms with E-state index in [-0.39, 0.29) is 5.91 Å². The van der Waals surface area contributed by atoms with E-state index in [0.29, 0.717) is 23.6 Å². The van der Waals surface area contributed by atoms with E-state index in [1.807, 2.05) is 0 Å². The van der Waals surface area contributed by atoms with Crippen LogP contribution in [-0.4, -0.2) is 30.1 Å². The minimum atomic E-state index is -1.97. The minimum Gasteiger partial charge on any atom is -0.453 e. The van der Waals surface area contributed by atoms with Gasteiger partial charge in [0.2, 0.25) is 5.60 Å². The Morgan fingerprint density at radius 1 is 0.929 bits per heavy atom. The molecule has 0 unspecified atom stereocenters. The quantitative estimate of drug-likeness (QED) is 0.723. The molecular weight excluding hydrogens is 354 g/mol. The summed E-state index contributed by atoms with van der Waals surface area (Å²) >= 11 is 0. The molecule has 0 atom stereocenters. The second-order valence-corrected chi connectivity index (χ2v) is 7.33. The highest BCUT2D eigenvalue weighted by Gasteiger charge is 2.41. The van der Waals surface area contributed by atoms with Gasteiger partial charge in [-0.1, -0.05) is 79.9 Å². The van der Waals surface area contributed by atoms with Crippen LogP contribution in [0.25, 0.3) is 0 Å². The van der Waals surface area contributed by atoms with Crippen molar-refractivity contribution >= 4 is 11.9 Å². The van der Waals surface area contributed by atoms with Gasteiger partial charge in [0, 0.05) is 6.54 Å². The third-order valence-electron chi connectivity index (χ3n) is 5.33. The molecule has 148 valence electrons. The van der Waals surface area contributed by atoms with Crippen LogP contribution < -0.4 is 5.32 Å². The molecule has 5 heteroatoms. The number of esters is 1. The number of carbonyl (C=O) groups excluding carboxylic acids is 2. The van der Waals surface area contributed by atoms with Gasteiger partial charge in [-0.2, -0.15) is 0 Å². The highest BCUT2D eigenvalue weighted by Crippen LogP contribution is 2.31. The zero-order chi connectivity index (χ0) is 19.8. The van der Waals surface area contributed by atoms with Crippen LogP contribution in [0.15, 0.2) is 60.7 Å². The van der Waals surface area contributed by atoms with E-state index in [4.69, 9.17) is 4.74 Å². The smallest absolute Gasteiger partial charge is 0.348 e. The molecule has 0 bridgehead atoms. The summed E-state index contributed by atoms with van der Waals surface area (Å²) < 4.78 is 5.22. The van der Waals surface area contributed by atoms with Crippen LogP contribution in [0.1, 0.15) is 43.2 Å². The van der Waals surface area contributed by atoms with E-state index in [2.05, 4.69) is 5.32 Å². The molecule has 1 aliphatic carbocycles. The van der Waals surface area contributed by atoms with E-state index in [1.54, 1.807) is 60.7 Å². The summed E-state index contributed by atoms with van der Waals surface area (Å²) in [5, 5.41) is 14.1. The molecule has 0 aromatic heterocycles. The molecule has 0 spiro atoms. The fourth-order valence-corrected chi connectivity index (χ4v) is 3.70. The van der Waals surface area contributed by atoms with Gasteiger partial charge in [0.25, 0.3) is 5.91 Å². The van der Waals surface area contributed by atoms with Crippen molar-refractivity contribution in [3.8, 4) is 0 Å². The predicted molar refractivity (Wildman–Crippen MR) is 106 cm³/mol. The molecule has 1 fully saturated rings. The molecule has 2 aromatic rings. The standard InChI is InChI=1S/C23H27NO4/c25-21(24-16-18-10-4-1-5-11-18)17-28-22(26)23(27,19-12-6-2-7-13-19)20-14-8-3-9-15-20/h2-3,6-9,12-15,18,27H,1,4-5,10-11,16-17H2,(H,24,25). The van der Waals surface area contributed by atoms with Gasteiger partial charge in [0.1, 0.15) is 0 Å². The lowest BCUT2D eigenvalue weighted by molar-refractivity contribution is -0.164. The number of hydrogen-bond acceptors (Lipinski definition) is 4. The van der Waals surface area contributed by atoms with E-state index in [9.17, 15) is 14.7 Å². The molecule has 0 saturated heterocycles. The van der Waals surface area contributed by atoms with E-state index >= 15 is 0 Å². The Bertz CT molecular complexity index is 730. The number of hydrogen-bond donors (Lipinski definition) is 2. The minimum absolute atomic E-state index is 0.345. The van der Waals surface area contributed by atoms with Crippen molar-refractivity contribution in [3.63, 3.8) is 0 Å². The van der Waals surface area contributed by atoms with Crippen molar-refractivity contribution in [2.75, 3.05) is 13.2 Å². The second kappa shape index (κ2) is 9.51. The molecule has 1 amide bonds. The van der Waals surface area contributed by atoms with Crippen molar-refractivity contribution in [2.45, 2.75) is 37.7 Å². The first kappa shape index (κ1) is 20.1. The highest BCUT2D eigenvalue weighted by atomic mass is 16.6. The lowest BCUT2D eigenvalue weighted by Crippen LogP contribution is -2.41. The Labute approximate surface area is 165 Å². The van der Waals surface area contributed by atoms with Gasteiger partial charge in [-0.3, -0.25) is 4.79 Å². The van der Waals surface area contributed by atoms with Gasteiger partial charge < -0.3 is 15.2 Å². The zero-order valence-corrected chi connectivity index (χ0v) is 16.0. The Morgan fingerprint density at radius 2 is 1.46 bits per heavy atom. The summed E-state index contributed by atoms with van der Waals surface area (Å²) in [7, 11) is 0. The molecule has 1 aliphatic rings. The average Bonchev–Trinajstić information content (AvgIpc) is 2.77. The molecule has 2 N–H and O–H groups in total. The molecule has 1 saturated carbocycles. The number of nitrogens with one attached hydrogen (secondary N) is 1. The molecule has 28 heavy (non-hydrogen) atoms. The first-order valence-electron chi connectivity index (χ1n) is 9.88. The van der Waals surface area contributed by atoms with Crippen molar-refractivity contribution in [2.24, 2.45) is 5.92 Å². The fraction of sp³-hybridized carbons (Fsp3) is 0.391. The number of rotatable bonds is 7. The molecule has 0 aliphatic heterocycles. The Balaban J connectivity index is 1.64. The predicted octanol–water partition coefficient (Wildman–Crippen LogP) is 3.16. The first-order valence-corrected chi connectivity index (χ1v) is 9.88. The monoisotopic (exact) mass is 381 g/mol. The van der Waals surface area contributed by atoms with Crippen LogP contribution in [0.4, 0.5) is 0 Å². The summed E-state index contributed by atoms with van der Waals surface area (Å²) in [6, 6.07) is 17.2. The third kappa shape index (κ3) is 4.78. The molecule has 0 heterocycles. The summed E-state index contributed by atoms with van der Waals surface area (Å²) in [5.41, 5.74) is -1.17. The maximum absolute atomic E-state index is 12.8. The second-order valence-electron chi connectivity index (χ2n) is 7.33. The van der Waals surface area contributed by atoms with Gasteiger partial charge in [0.05, 0.1) is 0 Å². The largest absolute Gasteiger partial charge is 0.453 e. The molecular formula is C23H27NO4.